The van der Waals surface area contributed by atoms with Crippen LogP contribution in [-0.2, 0) is 25.6 Å². The van der Waals surface area contributed by atoms with Crippen molar-refractivity contribution in [3.05, 3.63) is 29.8 Å². The van der Waals surface area contributed by atoms with Crippen LogP contribution in [0.4, 0.5) is 0 Å². The van der Waals surface area contributed by atoms with Gasteiger partial charge in [0.15, 0.2) is 5.78 Å². The van der Waals surface area contributed by atoms with E-state index in [1.807, 2.05) is 31.2 Å². The molecule has 2 saturated heterocycles. The van der Waals surface area contributed by atoms with Gasteiger partial charge in [0.25, 0.3) is 0 Å². The summed E-state index contributed by atoms with van der Waals surface area (Å²) in [5, 5.41) is 0. The summed E-state index contributed by atoms with van der Waals surface area (Å²) in [7, 11) is 1.65. The van der Waals surface area contributed by atoms with Crippen molar-refractivity contribution >= 4 is 5.78 Å². The van der Waals surface area contributed by atoms with E-state index >= 15 is 0 Å². The molecule has 1 aromatic carbocycles. The van der Waals surface area contributed by atoms with Crippen molar-refractivity contribution in [2.24, 2.45) is 5.92 Å². The molecule has 124 valence electrons. The fourth-order valence-electron chi connectivity index (χ4n) is 4.15. The molecule has 3 fully saturated rings. The van der Waals surface area contributed by atoms with E-state index in [1.165, 1.54) is 0 Å². The molecule has 0 N–H and O–H groups in total. The van der Waals surface area contributed by atoms with E-state index in [1.54, 1.807) is 14.0 Å². The number of Topliss-reactive ketones (excluding diaryl/α,β-unsaturated/α-hetero) is 1. The zero-order chi connectivity index (χ0) is 16.2. The van der Waals surface area contributed by atoms with Gasteiger partial charge in [0.2, 0.25) is 5.79 Å². The molecule has 23 heavy (non-hydrogen) atoms. The third-order valence-corrected chi connectivity index (χ3v) is 5.41. The molecule has 3 aliphatic rings. The first-order valence-electron chi connectivity index (χ1n) is 8.10. The number of rotatable bonds is 4. The topological polar surface area (TPSA) is 54.0 Å². The summed E-state index contributed by atoms with van der Waals surface area (Å²) in [5.41, 5.74) is 0.638. The monoisotopic (exact) mass is 318 g/mol. The van der Waals surface area contributed by atoms with Gasteiger partial charge >= 0.3 is 0 Å². The van der Waals surface area contributed by atoms with Crippen LogP contribution in [0.1, 0.15) is 32.3 Å². The summed E-state index contributed by atoms with van der Waals surface area (Å²) in [6.07, 6.45) is 1.27. The minimum atomic E-state index is -1.08. The Morgan fingerprint density at radius 1 is 1.26 bits per heavy atom. The third kappa shape index (κ3) is 2.30. The third-order valence-electron chi connectivity index (χ3n) is 5.41. The number of methoxy groups -OCH3 is 1. The van der Waals surface area contributed by atoms with Crippen LogP contribution in [0.2, 0.25) is 0 Å². The molecule has 3 bridgehead atoms. The number of carbonyl (C=O) groups excluding carboxylic acids is 1. The van der Waals surface area contributed by atoms with Crippen LogP contribution in [0.25, 0.3) is 0 Å². The van der Waals surface area contributed by atoms with Crippen LogP contribution in [0.15, 0.2) is 24.3 Å². The number of carbonyl (C=O) groups is 1. The van der Waals surface area contributed by atoms with E-state index in [0.717, 1.165) is 11.3 Å². The number of ketones is 1. The predicted molar refractivity (Wildman–Crippen MR) is 82.1 cm³/mol. The van der Waals surface area contributed by atoms with Crippen LogP contribution >= 0.6 is 0 Å². The maximum absolute atomic E-state index is 12.7. The van der Waals surface area contributed by atoms with Gasteiger partial charge in [0, 0.05) is 6.42 Å². The first kappa shape index (κ1) is 15.1. The first-order chi connectivity index (χ1) is 10.9. The Labute approximate surface area is 135 Å². The molecule has 2 aliphatic heterocycles. The Kier molecular flexibility index (Phi) is 3.31. The Bertz CT molecular complexity index is 627. The van der Waals surface area contributed by atoms with E-state index in [9.17, 15) is 4.79 Å². The van der Waals surface area contributed by atoms with Crippen LogP contribution in [0, 0.1) is 5.92 Å². The fourth-order valence-corrected chi connectivity index (χ4v) is 4.15. The standard InChI is InChI=1S/C18H22O5/c1-17-9-14(21-10-11-4-6-12(20-3)7-5-11)13-8-15(17)22-18(2,23-17)16(13)19/h4-7,13-15H,8-10H2,1-3H3/t13-,14+,15+,17-,18+/m0/s1. The van der Waals surface area contributed by atoms with E-state index in [2.05, 4.69) is 0 Å². The molecule has 5 nitrogen and oxygen atoms in total. The molecule has 1 aliphatic carbocycles. The van der Waals surface area contributed by atoms with Gasteiger partial charge in [0.1, 0.15) is 5.75 Å². The van der Waals surface area contributed by atoms with Crippen LogP contribution in [-0.4, -0.2) is 36.5 Å². The summed E-state index contributed by atoms with van der Waals surface area (Å²) < 4.78 is 23.1. The van der Waals surface area contributed by atoms with Gasteiger partial charge in [-0.1, -0.05) is 12.1 Å². The highest BCUT2D eigenvalue weighted by Gasteiger charge is 2.67. The molecule has 0 amide bonds. The lowest BCUT2D eigenvalue weighted by Gasteiger charge is -2.42. The van der Waals surface area contributed by atoms with Crippen molar-refractivity contribution in [2.45, 2.75) is 56.9 Å². The molecule has 0 unspecified atom stereocenters. The molecular weight excluding hydrogens is 296 g/mol. The van der Waals surface area contributed by atoms with Gasteiger partial charge in [-0.3, -0.25) is 4.79 Å². The Morgan fingerprint density at radius 2 is 2.00 bits per heavy atom. The highest BCUT2D eigenvalue weighted by Crippen LogP contribution is 2.53. The molecule has 1 aromatic rings. The minimum absolute atomic E-state index is 0.00367. The van der Waals surface area contributed by atoms with Crippen molar-refractivity contribution in [2.75, 3.05) is 7.11 Å². The van der Waals surface area contributed by atoms with E-state index in [4.69, 9.17) is 18.9 Å². The number of hydrogen-bond donors (Lipinski definition) is 0. The normalized spacial score (nSPS) is 41.3. The maximum Gasteiger partial charge on any atom is 0.227 e. The number of hydrogen-bond acceptors (Lipinski definition) is 5. The Morgan fingerprint density at radius 3 is 2.70 bits per heavy atom. The zero-order valence-electron chi connectivity index (χ0n) is 13.7. The van der Waals surface area contributed by atoms with Gasteiger partial charge in [0.05, 0.1) is 37.4 Å². The molecule has 5 atom stereocenters. The van der Waals surface area contributed by atoms with Gasteiger partial charge in [-0.05, 0) is 38.0 Å². The largest absolute Gasteiger partial charge is 0.497 e. The van der Waals surface area contributed by atoms with Gasteiger partial charge < -0.3 is 18.9 Å². The van der Waals surface area contributed by atoms with Crippen molar-refractivity contribution in [3.63, 3.8) is 0 Å². The number of benzene rings is 1. The molecule has 0 radical (unpaired) electrons. The lowest BCUT2D eigenvalue weighted by atomic mass is 9.73. The lowest BCUT2D eigenvalue weighted by molar-refractivity contribution is -0.197. The molecule has 5 heteroatoms. The predicted octanol–water partition coefficient (Wildman–Crippen LogP) is 2.46. The molecule has 1 saturated carbocycles. The highest BCUT2D eigenvalue weighted by molar-refractivity contribution is 5.90. The second-order valence-electron chi connectivity index (χ2n) is 7.08. The van der Waals surface area contributed by atoms with Crippen molar-refractivity contribution in [1.29, 1.82) is 0 Å². The number of ether oxygens (including phenoxy) is 4. The number of fused-ring (bicyclic) bond motifs is 2. The molecule has 4 rings (SSSR count). The second kappa shape index (κ2) is 5.03. The molecule has 0 aromatic heterocycles. The summed E-state index contributed by atoms with van der Waals surface area (Å²) in [4.78, 5) is 12.7. The van der Waals surface area contributed by atoms with Crippen molar-refractivity contribution < 1.29 is 23.7 Å². The lowest BCUT2D eigenvalue weighted by Crippen LogP contribution is -2.54. The summed E-state index contributed by atoms with van der Waals surface area (Å²) in [5.74, 6) is -0.369. The summed E-state index contributed by atoms with van der Waals surface area (Å²) >= 11 is 0. The first-order valence-corrected chi connectivity index (χ1v) is 8.10. The van der Waals surface area contributed by atoms with E-state index < -0.39 is 11.4 Å². The van der Waals surface area contributed by atoms with Gasteiger partial charge in [-0.25, -0.2) is 0 Å². The summed E-state index contributed by atoms with van der Waals surface area (Å²) in [6.45, 7) is 4.25. The zero-order valence-corrected chi connectivity index (χ0v) is 13.7. The van der Waals surface area contributed by atoms with Crippen LogP contribution in [0.3, 0.4) is 0 Å². The van der Waals surface area contributed by atoms with Crippen molar-refractivity contribution in [3.8, 4) is 5.75 Å². The van der Waals surface area contributed by atoms with E-state index in [-0.39, 0.29) is 23.9 Å². The SMILES string of the molecule is COc1ccc(CO[C@@H]2C[C@]3(C)O[C@@]4(C)O[C@@H]3C[C@@H]2C4=O)cc1. The van der Waals surface area contributed by atoms with Crippen LogP contribution in [0.5, 0.6) is 5.75 Å². The van der Waals surface area contributed by atoms with Gasteiger partial charge in [-0.2, -0.15) is 0 Å². The quantitative estimate of drug-likeness (QED) is 0.853. The van der Waals surface area contributed by atoms with Crippen molar-refractivity contribution in [1.82, 2.24) is 0 Å². The minimum Gasteiger partial charge on any atom is -0.497 e. The van der Waals surface area contributed by atoms with Gasteiger partial charge in [-0.15, -0.1) is 0 Å². The smallest absolute Gasteiger partial charge is 0.227 e. The fraction of sp³-hybridized carbons (Fsp3) is 0.611. The maximum atomic E-state index is 12.7. The summed E-state index contributed by atoms with van der Waals surface area (Å²) in [6, 6.07) is 7.79. The van der Waals surface area contributed by atoms with Crippen LogP contribution < -0.4 is 4.74 Å². The Hall–Kier alpha value is -1.43. The average molecular weight is 318 g/mol. The molecule has 2 heterocycles. The average Bonchev–Trinajstić information content (AvgIpc) is 2.74. The van der Waals surface area contributed by atoms with E-state index in [0.29, 0.717) is 19.4 Å². The Balaban J connectivity index is 1.49. The molecule has 0 spiro atoms. The second-order valence-corrected chi connectivity index (χ2v) is 7.08. The molecular formula is C18H22O5. The highest BCUT2D eigenvalue weighted by atomic mass is 16.8.